The number of hydrogen-bond donors (Lipinski definition) is 0. The van der Waals surface area contributed by atoms with Crippen molar-refractivity contribution in [3.05, 3.63) is 23.7 Å². The third-order valence-electron chi connectivity index (χ3n) is 3.81. The Labute approximate surface area is 119 Å². The molecule has 2 aromatic rings. The number of aryl methyl sites for hydroxylation is 2. The van der Waals surface area contributed by atoms with Gasteiger partial charge in [-0.3, -0.25) is 0 Å². The summed E-state index contributed by atoms with van der Waals surface area (Å²) >= 11 is 6.26. The van der Waals surface area contributed by atoms with Crippen LogP contribution in [0, 0.1) is 12.8 Å². The van der Waals surface area contributed by atoms with Crippen LogP contribution >= 0.6 is 11.6 Å². The van der Waals surface area contributed by atoms with Crippen LogP contribution < -0.4 is 0 Å². The van der Waals surface area contributed by atoms with Gasteiger partial charge in [-0.2, -0.15) is 0 Å². The predicted molar refractivity (Wildman–Crippen MR) is 78.5 cm³/mol. The topological polar surface area (TPSA) is 30.7 Å². The van der Waals surface area contributed by atoms with E-state index in [2.05, 4.69) is 14.5 Å². The molecule has 4 heteroatoms. The molecule has 0 N–H and O–H groups in total. The molecule has 1 aliphatic carbocycles. The van der Waals surface area contributed by atoms with Gasteiger partial charge in [0.1, 0.15) is 11.3 Å². The zero-order chi connectivity index (χ0) is 13.4. The maximum absolute atomic E-state index is 6.26. The number of aromatic nitrogens is 3. The average molecular weight is 278 g/mol. The van der Waals surface area contributed by atoms with Crippen molar-refractivity contribution in [2.24, 2.45) is 5.92 Å². The lowest BCUT2D eigenvalue weighted by atomic mass is 10.2. The molecule has 2 aromatic heterocycles. The average Bonchev–Trinajstić information content (AvgIpc) is 3.11. The molecule has 0 saturated heterocycles. The predicted octanol–water partition coefficient (Wildman–Crippen LogP) is 4.23. The van der Waals surface area contributed by atoms with Crippen molar-refractivity contribution in [1.82, 2.24) is 14.5 Å². The lowest BCUT2D eigenvalue weighted by Crippen LogP contribution is -2.06. The summed E-state index contributed by atoms with van der Waals surface area (Å²) in [6.07, 6.45) is 5.35. The Morgan fingerprint density at radius 2 is 2.16 bits per heavy atom. The zero-order valence-corrected chi connectivity index (χ0v) is 12.3. The van der Waals surface area contributed by atoms with Gasteiger partial charge in [-0.15, -0.1) is 11.6 Å². The first-order chi connectivity index (χ1) is 9.15. The van der Waals surface area contributed by atoms with Gasteiger partial charge in [-0.1, -0.05) is 12.8 Å². The van der Waals surface area contributed by atoms with Crippen molar-refractivity contribution in [3.63, 3.8) is 0 Å². The summed E-state index contributed by atoms with van der Waals surface area (Å²) in [4.78, 5) is 9.27. The maximum Gasteiger partial charge on any atom is 0.160 e. The fourth-order valence-electron chi connectivity index (χ4n) is 2.58. The van der Waals surface area contributed by atoms with Crippen LogP contribution in [-0.2, 0) is 6.54 Å². The van der Waals surface area contributed by atoms with E-state index in [-0.39, 0.29) is 5.38 Å². The molecule has 19 heavy (non-hydrogen) atoms. The summed E-state index contributed by atoms with van der Waals surface area (Å²) in [5.41, 5.74) is 2.97. The molecule has 1 saturated carbocycles. The van der Waals surface area contributed by atoms with E-state index in [9.17, 15) is 0 Å². The van der Waals surface area contributed by atoms with Gasteiger partial charge in [0.25, 0.3) is 0 Å². The van der Waals surface area contributed by atoms with Gasteiger partial charge in [-0.05, 0) is 44.7 Å². The van der Waals surface area contributed by atoms with Crippen LogP contribution in [-0.4, -0.2) is 14.5 Å². The molecule has 2 heterocycles. The second kappa shape index (κ2) is 5.12. The third-order valence-corrected chi connectivity index (χ3v) is 4.00. The first kappa shape index (κ1) is 12.9. The molecule has 0 amide bonds. The molecule has 0 aromatic carbocycles. The van der Waals surface area contributed by atoms with E-state index in [1.54, 1.807) is 0 Å². The first-order valence-electron chi connectivity index (χ1n) is 7.13. The van der Waals surface area contributed by atoms with Gasteiger partial charge in [0.15, 0.2) is 5.65 Å². The Kier molecular flexibility index (Phi) is 3.48. The molecule has 1 unspecified atom stereocenters. The number of imidazole rings is 1. The molecule has 1 atom stereocenters. The number of nitrogens with zero attached hydrogens (tertiary/aromatic N) is 3. The largest absolute Gasteiger partial charge is 0.311 e. The van der Waals surface area contributed by atoms with Crippen LogP contribution in [0.3, 0.4) is 0 Å². The Bertz CT molecular complexity index is 584. The first-order valence-corrected chi connectivity index (χ1v) is 7.56. The molecule has 0 spiro atoms. The zero-order valence-electron chi connectivity index (χ0n) is 11.6. The Morgan fingerprint density at radius 3 is 2.84 bits per heavy atom. The minimum absolute atomic E-state index is 0.0737. The number of hydrogen-bond acceptors (Lipinski definition) is 2. The van der Waals surface area contributed by atoms with Gasteiger partial charge >= 0.3 is 0 Å². The molecular weight excluding hydrogens is 258 g/mol. The van der Waals surface area contributed by atoms with Crippen LogP contribution in [0.1, 0.15) is 49.5 Å². The number of fused-ring (bicyclic) bond motifs is 1. The van der Waals surface area contributed by atoms with Gasteiger partial charge in [0.2, 0.25) is 0 Å². The molecule has 1 aliphatic rings. The van der Waals surface area contributed by atoms with Gasteiger partial charge < -0.3 is 4.57 Å². The summed E-state index contributed by atoms with van der Waals surface area (Å²) in [5.74, 6) is 1.92. The number of alkyl halides is 1. The van der Waals surface area contributed by atoms with Crippen molar-refractivity contribution in [2.75, 3.05) is 0 Å². The molecular formula is C15H20ClN3. The van der Waals surface area contributed by atoms with Crippen molar-refractivity contribution in [3.8, 4) is 0 Å². The molecule has 3 rings (SSSR count). The molecule has 0 bridgehead atoms. The Morgan fingerprint density at radius 1 is 1.37 bits per heavy atom. The summed E-state index contributed by atoms with van der Waals surface area (Å²) in [6, 6.07) is 4.05. The molecule has 0 radical (unpaired) electrons. The highest BCUT2D eigenvalue weighted by Crippen LogP contribution is 2.34. The minimum Gasteiger partial charge on any atom is -0.311 e. The monoisotopic (exact) mass is 277 g/mol. The number of rotatable bonds is 5. The van der Waals surface area contributed by atoms with E-state index < -0.39 is 0 Å². The highest BCUT2D eigenvalue weighted by Gasteiger charge is 2.21. The van der Waals surface area contributed by atoms with Crippen molar-refractivity contribution < 1.29 is 0 Å². The highest BCUT2D eigenvalue weighted by molar-refractivity contribution is 6.20. The lowest BCUT2D eigenvalue weighted by Gasteiger charge is -2.09. The van der Waals surface area contributed by atoms with Crippen molar-refractivity contribution in [1.29, 1.82) is 0 Å². The summed E-state index contributed by atoms with van der Waals surface area (Å²) in [5, 5.41) is -0.0737. The SMILES string of the molecule is Cc1ccc2nc(C(C)Cl)n(CCCC3CC3)c2n1. The van der Waals surface area contributed by atoms with E-state index in [1.807, 2.05) is 26.0 Å². The smallest absolute Gasteiger partial charge is 0.160 e. The van der Waals surface area contributed by atoms with Crippen LogP contribution in [0.25, 0.3) is 11.2 Å². The number of pyridine rings is 1. The standard InChI is InChI=1S/C15H20ClN3/c1-10-5-8-13-15(17-10)19(14(18-13)11(2)16)9-3-4-12-6-7-12/h5,8,11-12H,3-4,6-7,9H2,1-2H3. The Balaban J connectivity index is 1.91. The highest BCUT2D eigenvalue weighted by atomic mass is 35.5. The number of halogens is 1. The van der Waals surface area contributed by atoms with Crippen LogP contribution in [0.15, 0.2) is 12.1 Å². The van der Waals surface area contributed by atoms with Gasteiger partial charge in [-0.25, -0.2) is 9.97 Å². The van der Waals surface area contributed by atoms with E-state index in [0.29, 0.717) is 0 Å². The quantitative estimate of drug-likeness (QED) is 0.766. The van der Waals surface area contributed by atoms with Crippen LogP contribution in [0.2, 0.25) is 0 Å². The maximum atomic E-state index is 6.26. The van der Waals surface area contributed by atoms with E-state index in [1.165, 1.54) is 25.7 Å². The van der Waals surface area contributed by atoms with E-state index in [4.69, 9.17) is 11.6 Å². The summed E-state index contributed by atoms with van der Waals surface area (Å²) in [7, 11) is 0. The Hall–Kier alpha value is -1.09. The van der Waals surface area contributed by atoms with Gasteiger partial charge in [0, 0.05) is 12.2 Å². The lowest BCUT2D eigenvalue weighted by molar-refractivity contribution is 0.566. The fourth-order valence-corrected chi connectivity index (χ4v) is 2.75. The molecule has 102 valence electrons. The molecule has 1 fully saturated rings. The van der Waals surface area contributed by atoms with Crippen molar-refractivity contribution in [2.45, 2.75) is 51.5 Å². The molecule has 0 aliphatic heterocycles. The fraction of sp³-hybridized carbons (Fsp3) is 0.600. The third kappa shape index (κ3) is 2.76. The van der Waals surface area contributed by atoms with Crippen molar-refractivity contribution >= 4 is 22.8 Å². The summed E-state index contributed by atoms with van der Waals surface area (Å²) in [6.45, 7) is 4.98. The normalized spacial score (nSPS) is 17.0. The minimum atomic E-state index is -0.0737. The second-order valence-electron chi connectivity index (χ2n) is 5.62. The van der Waals surface area contributed by atoms with Crippen LogP contribution in [0.4, 0.5) is 0 Å². The second-order valence-corrected chi connectivity index (χ2v) is 6.27. The molecule has 3 nitrogen and oxygen atoms in total. The summed E-state index contributed by atoms with van der Waals surface area (Å²) < 4.78 is 2.21. The van der Waals surface area contributed by atoms with E-state index in [0.717, 1.165) is 35.1 Å². The van der Waals surface area contributed by atoms with Gasteiger partial charge in [0.05, 0.1) is 5.38 Å². The van der Waals surface area contributed by atoms with E-state index >= 15 is 0 Å². The van der Waals surface area contributed by atoms with Crippen LogP contribution in [0.5, 0.6) is 0 Å².